The molecule has 0 amide bonds. The fraction of sp³-hybridized carbons (Fsp3) is 0.182. The molecule has 0 radical (unpaired) electrons. The Morgan fingerprint density at radius 2 is 1.34 bits per heavy atom. The van der Waals surface area contributed by atoms with Crippen LogP contribution in [-0.2, 0) is 4.65 Å². The standard InChI is InChI=1S/C12H11P.C10H13BF2O3/c1-3-7-11(8-4-1)13-12-9-5-2-6-10-12;1-2-3-7-15-11(14)16-10-8(12)5-4-6-9(10)13/h1-10,13H;4-6,14H,2-3,7H2,1H3. The van der Waals surface area contributed by atoms with Crippen LogP contribution in [0.1, 0.15) is 19.8 Å². The van der Waals surface area contributed by atoms with E-state index in [2.05, 4.69) is 65.3 Å². The lowest BCUT2D eigenvalue weighted by atomic mass is 10.2. The summed E-state index contributed by atoms with van der Waals surface area (Å²) in [6.07, 6.45) is 1.63. The summed E-state index contributed by atoms with van der Waals surface area (Å²) in [6.45, 7) is 2.22. The van der Waals surface area contributed by atoms with Crippen LogP contribution in [0.15, 0.2) is 78.9 Å². The van der Waals surface area contributed by atoms with E-state index in [-0.39, 0.29) is 6.61 Å². The van der Waals surface area contributed by atoms with Crippen LogP contribution in [0, 0.1) is 11.6 Å². The van der Waals surface area contributed by atoms with Gasteiger partial charge in [0.2, 0.25) is 0 Å². The summed E-state index contributed by atoms with van der Waals surface area (Å²) in [5.74, 6) is -2.39. The van der Waals surface area contributed by atoms with E-state index in [1.165, 1.54) is 16.7 Å². The third-order valence-corrected chi connectivity index (χ3v) is 4.98. The van der Waals surface area contributed by atoms with Crippen molar-refractivity contribution in [1.29, 1.82) is 0 Å². The Balaban J connectivity index is 0.000000211. The summed E-state index contributed by atoms with van der Waals surface area (Å²) in [4.78, 5) is 0. The quantitative estimate of drug-likeness (QED) is 0.335. The molecule has 0 saturated heterocycles. The SMILES string of the molecule is CCCCOB(O)Oc1c(F)cccc1F.c1ccc(Pc2ccccc2)cc1. The van der Waals surface area contributed by atoms with Crippen LogP contribution in [0.25, 0.3) is 0 Å². The molecule has 0 saturated carbocycles. The van der Waals surface area contributed by atoms with E-state index in [9.17, 15) is 13.8 Å². The predicted octanol–water partition coefficient (Wildman–Crippen LogP) is 4.45. The number of hydrogen-bond donors (Lipinski definition) is 1. The zero-order chi connectivity index (χ0) is 20.9. The highest BCUT2D eigenvalue weighted by atomic mass is 31.1. The molecule has 0 aliphatic carbocycles. The molecule has 0 unspecified atom stereocenters. The first-order valence-electron chi connectivity index (χ1n) is 9.37. The molecule has 7 heteroatoms. The van der Waals surface area contributed by atoms with Gasteiger partial charge in [-0.3, -0.25) is 0 Å². The van der Waals surface area contributed by atoms with Crippen molar-refractivity contribution in [3.05, 3.63) is 90.5 Å². The van der Waals surface area contributed by atoms with Gasteiger partial charge in [0.1, 0.15) is 0 Å². The average molecular weight is 416 g/mol. The largest absolute Gasteiger partial charge is 0.710 e. The highest BCUT2D eigenvalue weighted by Gasteiger charge is 2.22. The predicted molar refractivity (Wildman–Crippen MR) is 116 cm³/mol. The van der Waals surface area contributed by atoms with E-state index in [0.29, 0.717) is 0 Å². The second-order valence-electron chi connectivity index (χ2n) is 6.06. The molecule has 3 aromatic carbocycles. The van der Waals surface area contributed by atoms with E-state index >= 15 is 0 Å². The van der Waals surface area contributed by atoms with Crippen molar-refractivity contribution >= 4 is 26.5 Å². The van der Waals surface area contributed by atoms with Crippen molar-refractivity contribution in [2.45, 2.75) is 19.8 Å². The van der Waals surface area contributed by atoms with Crippen LogP contribution in [0.3, 0.4) is 0 Å². The third kappa shape index (κ3) is 8.74. The van der Waals surface area contributed by atoms with Crippen molar-refractivity contribution < 1.29 is 23.1 Å². The Labute approximate surface area is 172 Å². The van der Waals surface area contributed by atoms with Crippen LogP contribution in [-0.4, -0.2) is 19.0 Å². The lowest BCUT2D eigenvalue weighted by Crippen LogP contribution is -2.27. The van der Waals surface area contributed by atoms with Crippen LogP contribution in [0.5, 0.6) is 5.75 Å². The van der Waals surface area contributed by atoms with Crippen molar-refractivity contribution in [3.63, 3.8) is 0 Å². The molecule has 29 heavy (non-hydrogen) atoms. The third-order valence-electron chi connectivity index (χ3n) is 3.73. The van der Waals surface area contributed by atoms with Gasteiger partial charge in [0.25, 0.3) is 0 Å². The molecule has 3 nitrogen and oxygen atoms in total. The van der Waals surface area contributed by atoms with Gasteiger partial charge in [-0.2, -0.15) is 0 Å². The lowest BCUT2D eigenvalue weighted by molar-refractivity contribution is 0.185. The van der Waals surface area contributed by atoms with Gasteiger partial charge in [-0.25, -0.2) is 8.78 Å². The van der Waals surface area contributed by atoms with Gasteiger partial charge in [0, 0.05) is 6.61 Å². The number of rotatable bonds is 8. The number of benzene rings is 3. The molecule has 0 atom stereocenters. The van der Waals surface area contributed by atoms with Gasteiger partial charge >= 0.3 is 7.32 Å². The molecule has 0 aliphatic heterocycles. The number of halogens is 2. The highest BCUT2D eigenvalue weighted by molar-refractivity contribution is 7.55. The molecular formula is C22H24BF2O3P. The topological polar surface area (TPSA) is 38.7 Å². The van der Waals surface area contributed by atoms with E-state index in [1.54, 1.807) is 0 Å². The van der Waals surface area contributed by atoms with Gasteiger partial charge in [-0.15, -0.1) is 0 Å². The molecular weight excluding hydrogens is 392 g/mol. The smallest absolute Gasteiger partial charge is 0.507 e. The molecule has 0 bridgehead atoms. The van der Waals surface area contributed by atoms with Crippen molar-refractivity contribution in [3.8, 4) is 5.75 Å². The first-order valence-corrected chi connectivity index (χ1v) is 10.4. The average Bonchev–Trinajstić information content (AvgIpc) is 2.73. The molecule has 152 valence electrons. The Kier molecular flexibility index (Phi) is 10.4. The molecule has 0 aliphatic rings. The fourth-order valence-corrected chi connectivity index (χ4v) is 3.32. The van der Waals surface area contributed by atoms with Crippen molar-refractivity contribution in [2.24, 2.45) is 0 Å². The van der Waals surface area contributed by atoms with Gasteiger partial charge in [-0.1, -0.05) is 88.7 Å². The summed E-state index contributed by atoms with van der Waals surface area (Å²) in [7, 11) is -0.878. The van der Waals surface area contributed by atoms with Crippen molar-refractivity contribution in [1.82, 2.24) is 0 Å². The van der Waals surface area contributed by atoms with Gasteiger partial charge < -0.3 is 14.3 Å². The van der Waals surface area contributed by atoms with Crippen LogP contribution in [0.2, 0.25) is 0 Å². The van der Waals surface area contributed by atoms with Crippen LogP contribution in [0.4, 0.5) is 8.78 Å². The maximum Gasteiger partial charge on any atom is 0.710 e. The second kappa shape index (κ2) is 13.1. The molecule has 3 aromatic rings. The maximum atomic E-state index is 13.1. The first kappa shape index (κ1) is 23.0. The van der Waals surface area contributed by atoms with Gasteiger partial charge in [-0.05, 0) is 29.2 Å². The monoisotopic (exact) mass is 416 g/mol. The summed E-state index contributed by atoms with van der Waals surface area (Å²) >= 11 is 0. The molecule has 1 N–H and O–H groups in total. The van der Waals surface area contributed by atoms with E-state index in [0.717, 1.165) is 33.6 Å². The Morgan fingerprint density at radius 1 is 0.828 bits per heavy atom. The Bertz CT molecular complexity index is 780. The fourth-order valence-electron chi connectivity index (χ4n) is 2.27. The van der Waals surface area contributed by atoms with Crippen molar-refractivity contribution in [2.75, 3.05) is 6.61 Å². The summed E-state index contributed by atoms with van der Waals surface area (Å²) in [6, 6.07) is 24.4. The summed E-state index contributed by atoms with van der Waals surface area (Å²) in [5.41, 5.74) is 0. The van der Waals surface area contributed by atoms with Gasteiger partial charge in [0.05, 0.1) is 0 Å². The number of para-hydroxylation sites is 1. The van der Waals surface area contributed by atoms with Gasteiger partial charge in [0.15, 0.2) is 17.4 Å². The molecule has 3 rings (SSSR count). The molecule has 0 heterocycles. The Morgan fingerprint density at radius 3 is 1.83 bits per heavy atom. The minimum Gasteiger partial charge on any atom is -0.507 e. The number of unbranched alkanes of at least 4 members (excludes halogenated alkanes) is 1. The van der Waals surface area contributed by atoms with E-state index < -0.39 is 24.7 Å². The highest BCUT2D eigenvalue weighted by Crippen LogP contribution is 2.21. The Hall–Kier alpha value is -2.27. The molecule has 0 spiro atoms. The normalized spacial score (nSPS) is 10.1. The number of hydrogen-bond acceptors (Lipinski definition) is 3. The van der Waals surface area contributed by atoms with E-state index in [1.807, 2.05) is 6.92 Å². The van der Waals surface area contributed by atoms with E-state index in [4.69, 9.17) is 4.65 Å². The van der Waals surface area contributed by atoms with Crippen LogP contribution >= 0.6 is 8.58 Å². The van der Waals surface area contributed by atoms with Crippen LogP contribution < -0.4 is 15.3 Å². The zero-order valence-corrected chi connectivity index (χ0v) is 17.2. The summed E-state index contributed by atoms with van der Waals surface area (Å²) in [5, 5.41) is 12.0. The maximum absolute atomic E-state index is 13.1. The minimum atomic E-state index is -1.65. The lowest BCUT2D eigenvalue weighted by Gasteiger charge is -2.10. The second-order valence-corrected chi connectivity index (χ2v) is 7.46. The molecule has 0 aromatic heterocycles. The summed E-state index contributed by atoms with van der Waals surface area (Å²) < 4.78 is 35.5. The minimum absolute atomic E-state index is 0.272. The molecule has 0 fully saturated rings. The zero-order valence-electron chi connectivity index (χ0n) is 16.2. The first-order chi connectivity index (χ1) is 14.1.